The van der Waals surface area contributed by atoms with Gasteiger partial charge in [0.1, 0.15) is 6.61 Å². The fourth-order valence-corrected chi connectivity index (χ4v) is 4.97. The Kier molecular flexibility index (Phi) is 7.57. The minimum atomic E-state index is -0.164. The molecule has 0 atom stereocenters. The van der Waals surface area contributed by atoms with Crippen LogP contribution in [-0.2, 0) is 17.8 Å². The maximum Gasteiger partial charge on any atom is 0.264 e. The second-order valence-corrected chi connectivity index (χ2v) is 9.60. The van der Waals surface area contributed by atoms with Gasteiger partial charge >= 0.3 is 0 Å². The summed E-state index contributed by atoms with van der Waals surface area (Å²) < 4.78 is 12.1. The SMILES string of the molecule is CCOc1cc(/C=C2\SC(=Nc3ccc(CC)cc3)NC2=O)ccc1OCc1cccc2ccccc12. The predicted octanol–water partition coefficient (Wildman–Crippen LogP) is 7.27. The minimum absolute atomic E-state index is 0.164. The van der Waals surface area contributed by atoms with Crippen molar-refractivity contribution in [3.05, 3.63) is 107 Å². The standard InChI is InChI=1S/C31H28N2O3S/c1-3-21-12-15-25(16-13-21)32-31-33-30(34)29(37-31)19-22-14-17-27(28(18-22)35-4-2)36-20-24-10-7-9-23-8-5-6-11-26(23)24/h5-19H,3-4,20H2,1-2H3,(H,32,33,34)/b29-19-. The van der Waals surface area contributed by atoms with E-state index in [9.17, 15) is 4.79 Å². The lowest BCUT2D eigenvalue weighted by atomic mass is 10.1. The smallest absolute Gasteiger partial charge is 0.264 e. The number of nitrogens with zero attached hydrogens (tertiary/aromatic N) is 1. The van der Waals surface area contributed by atoms with Crippen LogP contribution >= 0.6 is 11.8 Å². The van der Waals surface area contributed by atoms with E-state index < -0.39 is 0 Å². The van der Waals surface area contributed by atoms with Crippen LogP contribution in [-0.4, -0.2) is 17.7 Å². The lowest BCUT2D eigenvalue weighted by Gasteiger charge is -2.14. The van der Waals surface area contributed by atoms with Crippen LogP contribution in [0.2, 0.25) is 0 Å². The average molecular weight is 509 g/mol. The first-order valence-electron chi connectivity index (χ1n) is 12.4. The third-order valence-corrected chi connectivity index (χ3v) is 6.96. The number of thioether (sulfide) groups is 1. The van der Waals surface area contributed by atoms with Gasteiger partial charge in [-0.25, -0.2) is 4.99 Å². The highest BCUT2D eigenvalue weighted by atomic mass is 32.2. The molecule has 1 aliphatic heterocycles. The third kappa shape index (κ3) is 5.87. The van der Waals surface area contributed by atoms with E-state index in [1.165, 1.54) is 28.1 Å². The summed E-state index contributed by atoms with van der Waals surface area (Å²) in [7, 11) is 0. The molecular formula is C31H28N2O3S. The highest BCUT2D eigenvalue weighted by Gasteiger charge is 2.24. The van der Waals surface area contributed by atoms with Gasteiger partial charge in [0, 0.05) is 0 Å². The van der Waals surface area contributed by atoms with Crippen molar-refractivity contribution < 1.29 is 14.3 Å². The van der Waals surface area contributed by atoms with Crippen molar-refractivity contribution in [1.82, 2.24) is 5.32 Å². The summed E-state index contributed by atoms with van der Waals surface area (Å²) in [6.45, 7) is 4.99. The number of aryl methyl sites for hydroxylation is 1. The molecule has 1 aliphatic rings. The number of amides is 1. The molecule has 1 fully saturated rings. The Labute approximate surface area is 221 Å². The first kappa shape index (κ1) is 24.7. The number of ether oxygens (including phenoxy) is 2. The number of carbonyl (C=O) groups excluding carboxylic acids is 1. The number of fused-ring (bicyclic) bond motifs is 1. The van der Waals surface area contributed by atoms with Gasteiger partial charge in [0.25, 0.3) is 5.91 Å². The topological polar surface area (TPSA) is 59.9 Å². The Hall–Kier alpha value is -4.03. The summed E-state index contributed by atoms with van der Waals surface area (Å²) in [4.78, 5) is 17.7. The second kappa shape index (κ2) is 11.4. The molecule has 5 rings (SSSR count). The van der Waals surface area contributed by atoms with E-state index in [0.717, 1.165) is 23.2 Å². The number of rotatable bonds is 8. The highest BCUT2D eigenvalue weighted by molar-refractivity contribution is 8.18. The highest BCUT2D eigenvalue weighted by Crippen LogP contribution is 2.33. The van der Waals surface area contributed by atoms with E-state index >= 15 is 0 Å². The molecule has 1 N–H and O–H groups in total. The molecule has 1 amide bonds. The summed E-state index contributed by atoms with van der Waals surface area (Å²) >= 11 is 1.33. The Morgan fingerprint density at radius 2 is 1.70 bits per heavy atom. The van der Waals surface area contributed by atoms with Crippen LogP contribution in [0.1, 0.15) is 30.5 Å². The first-order valence-corrected chi connectivity index (χ1v) is 13.2. The van der Waals surface area contributed by atoms with Gasteiger partial charge in [-0.05, 0) is 82.9 Å². The van der Waals surface area contributed by atoms with Crippen molar-refractivity contribution in [2.45, 2.75) is 26.9 Å². The summed E-state index contributed by atoms with van der Waals surface area (Å²) in [6, 6.07) is 28.3. The van der Waals surface area contributed by atoms with Crippen molar-refractivity contribution in [1.29, 1.82) is 0 Å². The maximum atomic E-state index is 12.6. The number of carbonyl (C=O) groups is 1. The first-order chi connectivity index (χ1) is 18.1. The average Bonchev–Trinajstić information content (AvgIpc) is 3.26. The molecule has 6 heteroatoms. The molecule has 37 heavy (non-hydrogen) atoms. The summed E-state index contributed by atoms with van der Waals surface area (Å²) in [5, 5.41) is 5.78. The van der Waals surface area contributed by atoms with Crippen LogP contribution in [0.3, 0.4) is 0 Å². The molecule has 0 aliphatic carbocycles. The van der Waals surface area contributed by atoms with Gasteiger partial charge in [-0.1, -0.05) is 67.6 Å². The third-order valence-electron chi connectivity index (χ3n) is 6.05. The monoisotopic (exact) mass is 508 g/mol. The minimum Gasteiger partial charge on any atom is -0.490 e. The number of hydrogen-bond donors (Lipinski definition) is 1. The second-order valence-electron chi connectivity index (χ2n) is 8.57. The molecule has 0 aromatic heterocycles. The Balaban J connectivity index is 1.33. The lowest BCUT2D eigenvalue weighted by Crippen LogP contribution is -2.19. The number of hydrogen-bond acceptors (Lipinski definition) is 5. The Morgan fingerprint density at radius 3 is 2.51 bits per heavy atom. The largest absolute Gasteiger partial charge is 0.490 e. The van der Waals surface area contributed by atoms with E-state index in [0.29, 0.717) is 34.8 Å². The van der Waals surface area contributed by atoms with Gasteiger partial charge in [0.2, 0.25) is 0 Å². The molecule has 0 radical (unpaired) electrons. The molecule has 0 unspecified atom stereocenters. The molecule has 4 aromatic carbocycles. The van der Waals surface area contributed by atoms with E-state index in [1.807, 2.05) is 61.5 Å². The summed E-state index contributed by atoms with van der Waals surface area (Å²) in [6.07, 6.45) is 2.83. The molecule has 4 aromatic rings. The summed E-state index contributed by atoms with van der Waals surface area (Å²) in [5.74, 6) is 1.15. The zero-order valence-corrected chi connectivity index (χ0v) is 21.7. The predicted molar refractivity (Wildman–Crippen MR) is 153 cm³/mol. The van der Waals surface area contributed by atoms with Crippen LogP contribution < -0.4 is 14.8 Å². The van der Waals surface area contributed by atoms with Gasteiger partial charge in [-0.15, -0.1) is 0 Å². The molecule has 0 spiro atoms. The zero-order valence-electron chi connectivity index (χ0n) is 20.9. The normalized spacial score (nSPS) is 15.4. The van der Waals surface area contributed by atoms with Gasteiger partial charge in [-0.3, -0.25) is 4.79 Å². The molecule has 0 bridgehead atoms. The van der Waals surface area contributed by atoms with Crippen molar-refractivity contribution in [3.63, 3.8) is 0 Å². The molecular weight excluding hydrogens is 480 g/mol. The number of nitrogens with one attached hydrogen (secondary N) is 1. The molecule has 0 saturated carbocycles. The van der Waals surface area contributed by atoms with Crippen molar-refractivity contribution in [3.8, 4) is 11.5 Å². The Morgan fingerprint density at radius 1 is 0.892 bits per heavy atom. The van der Waals surface area contributed by atoms with Gasteiger partial charge in [0.05, 0.1) is 17.2 Å². The van der Waals surface area contributed by atoms with Crippen LogP contribution in [0, 0.1) is 0 Å². The van der Waals surface area contributed by atoms with Crippen molar-refractivity contribution in [2.75, 3.05) is 6.61 Å². The van der Waals surface area contributed by atoms with Crippen LogP contribution in [0.4, 0.5) is 5.69 Å². The maximum absolute atomic E-state index is 12.6. The Bertz CT molecular complexity index is 1490. The molecule has 1 heterocycles. The van der Waals surface area contributed by atoms with Crippen molar-refractivity contribution >= 4 is 45.4 Å². The fraction of sp³-hybridized carbons (Fsp3) is 0.161. The van der Waals surface area contributed by atoms with E-state index in [1.54, 1.807) is 0 Å². The molecule has 1 saturated heterocycles. The molecule has 186 valence electrons. The van der Waals surface area contributed by atoms with Gasteiger partial charge in [-0.2, -0.15) is 0 Å². The number of amidine groups is 1. The van der Waals surface area contributed by atoms with E-state index in [2.05, 4.69) is 53.6 Å². The van der Waals surface area contributed by atoms with Crippen molar-refractivity contribution in [2.24, 2.45) is 4.99 Å². The van der Waals surface area contributed by atoms with Crippen LogP contribution in [0.15, 0.2) is 94.8 Å². The van der Waals surface area contributed by atoms with E-state index in [4.69, 9.17) is 9.47 Å². The van der Waals surface area contributed by atoms with Crippen LogP contribution in [0.25, 0.3) is 16.8 Å². The quantitative estimate of drug-likeness (QED) is 0.254. The van der Waals surface area contributed by atoms with E-state index in [-0.39, 0.29) is 5.91 Å². The number of aliphatic imine (C=N–C) groups is 1. The summed E-state index contributed by atoms with van der Waals surface area (Å²) in [5.41, 5.74) is 4.03. The zero-order chi connectivity index (χ0) is 25.6. The lowest BCUT2D eigenvalue weighted by molar-refractivity contribution is -0.115. The fourth-order valence-electron chi connectivity index (χ4n) is 4.13. The van der Waals surface area contributed by atoms with Crippen LogP contribution in [0.5, 0.6) is 11.5 Å². The molecule has 5 nitrogen and oxygen atoms in total. The van der Waals surface area contributed by atoms with Gasteiger partial charge < -0.3 is 14.8 Å². The van der Waals surface area contributed by atoms with Gasteiger partial charge in [0.15, 0.2) is 16.7 Å². The number of benzene rings is 4.